The molecule has 0 aliphatic heterocycles. The molecule has 0 fully saturated rings. The highest BCUT2D eigenvalue weighted by Crippen LogP contribution is 2.16. The predicted molar refractivity (Wildman–Crippen MR) is 77.0 cm³/mol. The minimum atomic E-state index is 0.0701. The number of aryl methyl sites for hydroxylation is 2. The summed E-state index contributed by atoms with van der Waals surface area (Å²) in [5.41, 5.74) is 3.06. The maximum absolute atomic E-state index is 11.8. The van der Waals surface area contributed by atoms with Crippen molar-refractivity contribution in [2.45, 2.75) is 27.2 Å². The highest BCUT2D eigenvalue weighted by atomic mass is 16.1. The zero-order chi connectivity index (χ0) is 14.0. The molecule has 2 aromatic rings. The zero-order valence-electron chi connectivity index (χ0n) is 12.0. The molecule has 19 heavy (non-hydrogen) atoms. The van der Waals surface area contributed by atoms with Gasteiger partial charge in [0, 0.05) is 13.6 Å². The van der Waals surface area contributed by atoms with Gasteiger partial charge in [0.15, 0.2) is 0 Å². The van der Waals surface area contributed by atoms with E-state index < -0.39 is 0 Å². The number of hydrogen-bond donors (Lipinski definition) is 1. The lowest BCUT2D eigenvalue weighted by Crippen LogP contribution is -2.28. The number of benzene rings is 1. The molecule has 4 nitrogen and oxygen atoms in total. The minimum absolute atomic E-state index is 0.0701. The van der Waals surface area contributed by atoms with Crippen molar-refractivity contribution in [1.82, 2.24) is 14.9 Å². The van der Waals surface area contributed by atoms with Crippen LogP contribution in [0.1, 0.15) is 25.2 Å². The van der Waals surface area contributed by atoms with Crippen LogP contribution in [0.3, 0.4) is 0 Å². The van der Waals surface area contributed by atoms with Gasteiger partial charge >= 0.3 is 0 Å². The summed E-state index contributed by atoms with van der Waals surface area (Å²) in [5, 5.41) is 2.93. The smallest absolute Gasteiger partial charge is 0.224 e. The number of carbonyl (C=O) groups excluding carboxylic acids is 1. The number of fused-ring (bicyclic) bond motifs is 1. The molecule has 1 amide bonds. The normalized spacial score (nSPS) is 11.2. The quantitative estimate of drug-likeness (QED) is 0.915. The number of nitrogens with zero attached hydrogens (tertiary/aromatic N) is 2. The summed E-state index contributed by atoms with van der Waals surface area (Å²) in [5.74, 6) is 1.53. The van der Waals surface area contributed by atoms with E-state index in [-0.39, 0.29) is 5.91 Å². The van der Waals surface area contributed by atoms with Crippen molar-refractivity contribution in [3.63, 3.8) is 0 Å². The Morgan fingerprint density at radius 3 is 2.84 bits per heavy atom. The van der Waals surface area contributed by atoms with Gasteiger partial charge in [-0.1, -0.05) is 19.9 Å². The Bertz CT molecular complexity index is 599. The molecule has 0 bridgehead atoms. The van der Waals surface area contributed by atoms with Gasteiger partial charge in [0.1, 0.15) is 5.82 Å². The molecule has 1 aromatic heterocycles. The molecular formula is C15H21N3O. The Morgan fingerprint density at radius 1 is 1.42 bits per heavy atom. The fraction of sp³-hybridized carbons (Fsp3) is 0.467. The number of carbonyl (C=O) groups is 1. The van der Waals surface area contributed by atoms with Gasteiger partial charge in [-0.25, -0.2) is 4.98 Å². The second-order valence-corrected chi connectivity index (χ2v) is 5.42. The second-order valence-electron chi connectivity index (χ2n) is 5.42. The maximum atomic E-state index is 11.8. The van der Waals surface area contributed by atoms with Crippen LogP contribution in [0.4, 0.5) is 0 Å². The lowest BCUT2D eigenvalue weighted by atomic mass is 10.1. The van der Waals surface area contributed by atoms with E-state index in [4.69, 9.17) is 0 Å². The van der Waals surface area contributed by atoms with Gasteiger partial charge in [-0.3, -0.25) is 4.79 Å². The molecule has 0 atom stereocenters. The minimum Gasteiger partial charge on any atom is -0.356 e. The van der Waals surface area contributed by atoms with Crippen LogP contribution in [-0.4, -0.2) is 22.0 Å². The van der Waals surface area contributed by atoms with Gasteiger partial charge in [0.2, 0.25) is 5.91 Å². The standard InChI is InChI=1S/C15H21N3O/c1-10(2)9-16-15(19)8-12-5-6-14-13(7-12)17-11(3)18(14)4/h5-7,10H,8-9H2,1-4H3,(H,16,19). The van der Waals surface area contributed by atoms with E-state index in [1.54, 1.807) is 0 Å². The molecule has 0 saturated heterocycles. The van der Waals surface area contributed by atoms with Crippen LogP contribution in [0, 0.1) is 12.8 Å². The highest BCUT2D eigenvalue weighted by molar-refractivity contribution is 5.82. The Hall–Kier alpha value is -1.84. The van der Waals surface area contributed by atoms with Gasteiger partial charge in [-0.15, -0.1) is 0 Å². The third kappa shape index (κ3) is 3.13. The summed E-state index contributed by atoms with van der Waals surface area (Å²) in [4.78, 5) is 16.3. The molecule has 102 valence electrons. The van der Waals surface area contributed by atoms with E-state index in [0.717, 1.165) is 29.0 Å². The first-order valence-electron chi connectivity index (χ1n) is 6.66. The van der Waals surface area contributed by atoms with Crippen LogP contribution in [0.2, 0.25) is 0 Å². The zero-order valence-corrected chi connectivity index (χ0v) is 12.0. The lowest BCUT2D eigenvalue weighted by Gasteiger charge is -2.07. The molecule has 4 heteroatoms. The molecule has 2 rings (SSSR count). The number of nitrogens with one attached hydrogen (secondary N) is 1. The van der Waals surface area contributed by atoms with Gasteiger partial charge in [-0.05, 0) is 30.5 Å². The number of hydrogen-bond acceptors (Lipinski definition) is 2. The van der Waals surface area contributed by atoms with E-state index in [2.05, 4.69) is 28.7 Å². The summed E-state index contributed by atoms with van der Waals surface area (Å²) in [6.45, 7) is 6.88. The van der Waals surface area contributed by atoms with Crippen molar-refractivity contribution in [2.24, 2.45) is 13.0 Å². The van der Waals surface area contributed by atoms with E-state index >= 15 is 0 Å². The Balaban J connectivity index is 2.11. The molecule has 1 N–H and O–H groups in total. The highest BCUT2D eigenvalue weighted by Gasteiger charge is 2.08. The molecule has 0 aliphatic rings. The summed E-state index contributed by atoms with van der Waals surface area (Å²) in [7, 11) is 2.00. The van der Waals surface area contributed by atoms with Crippen molar-refractivity contribution < 1.29 is 4.79 Å². The Kier molecular flexibility index (Phi) is 3.88. The van der Waals surface area contributed by atoms with Gasteiger partial charge in [0.05, 0.1) is 17.5 Å². The van der Waals surface area contributed by atoms with Gasteiger partial charge in [0.25, 0.3) is 0 Å². The largest absolute Gasteiger partial charge is 0.356 e. The van der Waals surface area contributed by atoms with Gasteiger partial charge < -0.3 is 9.88 Å². The predicted octanol–water partition coefficient (Wildman–Crippen LogP) is 2.20. The number of rotatable bonds is 4. The Morgan fingerprint density at radius 2 is 2.16 bits per heavy atom. The van der Waals surface area contributed by atoms with E-state index in [1.165, 1.54) is 0 Å². The SMILES string of the molecule is Cc1nc2cc(CC(=O)NCC(C)C)ccc2n1C. The van der Waals surface area contributed by atoms with Crippen molar-refractivity contribution in [3.05, 3.63) is 29.6 Å². The summed E-state index contributed by atoms with van der Waals surface area (Å²) in [6, 6.07) is 6.02. The first kappa shape index (κ1) is 13.6. The number of aromatic nitrogens is 2. The summed E-state index contributed by atoms with van der Waals surface area (Å²) >= 11 is 0. The molecule has 1 heterocycles. The Labute approximate surface area is 113 Å². The first-order valence-corrected chi connectivity index (χ1v) is 6.66. The van der Waals surface area contributed by atoms with Crippen molar-refractivity contribution >= 4 is 16.9 Å². The fourth-order valence-electron chi connectivity index (χ4n) is 2.04. The molecule has 0 aliphatic carbocycles. The first-order chi connectivity index (χ1) is 8.97. The summed E-state index contributed by atoms with van der Waals surface area (Å²) in [6.07, 6.45) is 0.415. The van der Waals surface area contributed by atoms with Crippen molar-refractivity contribution in [3.8, 4) is 0 Å². The van der Waals surface area contributed by atoms with E-state index in [1.807, 2.05) is 32.2 Å². The maximum Gasteiger partial charge on any atom is 0.224 e. The average Bonchev–Trinajstić information content (AvgIpc) is 2.62. The molecule has 0 spiro atoms. The fourth-order valence-corrected chi connectivity index (χ4v) is 2.04. The topological polar surface area (TPSA) is 46.9 Å². The van der Waals surface area contributed by atoms with Crippen LogP contribution in [0.5, 0.6) is 0 Å². The third-order valence-electron chi connectivity index (χ3n) is 3.24. The molecular weight excluding hydrogens is 238 g/mol. The average molecular weight is 259 g/mol. The van der Waals surface area contributed by atoms with Crippen molar-refractivity contribution in [1.29, 1.82) is 0 Å². The summed E-state index contributed by atoms with van der Waals surface area (Å²) < 4.78 is 2.05. The second kappa shape index (κ2) is 5.43. The molecule has 1 aromatic carbocycles. The van der Waals surface area contributed by atoms with Crippen molar-refractivity contribution in [2.75, 3.05) is 6.54 Å². The van der Waals surface area contributed by atoms with Crippen LogP contribution < -0.4 is 5.32 Å². The number of imidazole rings is 1. The van der Waals surface area contributed by atoms with Crippen LogP contribution in [0.25, 0.3) is 11.0 Å². The van der Waals surface area contributed by atoms with E-state index in [9.17, 15) is 4.79 Å². The molecule has 0 unspecified atom stereocenters. The molecule has 0 radical (unpaired) electrons. The number of amides is 1. The molecule has 0 saturated carbocycles. The van der Waals surface area contributed by atoms with Crippen LogP contribution in [-0.2, 0) is 18.3 Å². The van der Waals surface area contributed by atoms with E-state index in [0.29, 0.717) is 12.3 Å². The van der Waals surface area contributed by atoms with Crippen LogP contribution >= 0.6 is 0 Å². The van der Waals surface area contributed by atoms with Crippen LogP contribution in [0.15, 0.2) is 18.2 Å². The lowest BCUT2D eigenvalue weighted by molar-refractivity contribution is -0.120. The van der Waals surface area contributed by atoms with Gasteiger partial charge in [-0.2, -0.15) is 0 Å². The monoisotopic (exact) mass is 259 g/mol. The third-order valence-corrected chi connectivity index (χ3v) is 3.24.